The monoisotopic (exact) mass is 301 g/mol. The highest BCUT2D eigenvalue weighted by Gasteiger charge is 2.26. The van der Waals surface area contributed by atoms with Crippen molar-refractivity contribution in [2.75, 3.05) is 18.7 Å². The third-order valence-corrected chi connectivity index (χ3v) is 3.94. The Morgan fingerprint density at radius 3 is 3.09 bits per heavy atom. The molecule has 1 N–H and O–H groups in total. The summed E-state index contributed by atoms with van der Waals surface area (Å²) in [4.78, 5) is 14.1. The van der Waals surface area contributed by atoms with E-state index in [2.05, 4.69) is 10.5 Å². The van der Waals surface area contributed by atoms with Crippen LogP contribution in [0.3, 0.4) is 0 Å². The summed E-state index contributed by atoms with van der Waals surface area (Å²) in [5.41, 5.74) is 2.70. The molecule has 2 amide bonds. The minimum Gasteiger partial charge on any atom is -0.454 e. The molecule has 0 aliphatic carbocycles. The molecule has 2 aliphatic rings. The molecule has 22 heavy (non-hydrogen) atoms. The lowest BCUT2D eigenvalue weighted by Crippen LogP contribution is -2.38. The standard InChI is InChI=1S/C15H15N3O4/c1-9-11-4-5-18(7-14(11)22-17-9)15(19)16-10-2-3-12-13(6-10)21-8-20-12/h2-3,6H,4-5,7-8H2,1H3,(H,16,19). The highest BCUT2D eigenvalue weighted by Crippen LogP contribution is 2.34. The maximum absolute atomic E-state index is 12.4. The van der Waals surface area contributed by atoms with Gasteiger partial charge < -0.3 is 24.2 Å². The fraction of sp³-hybridized carbons (Fsp3) is 0.333. The second kappa shape index (κ2) is 4.94. The zero-order valence-electron chi connectivity index (χ0n) is 12.1. The van der Waals surface area contributed by atoms with Gasteiger partial charge in [-0.25, -0.2) is 4.79 Å². The van der Waals surface area contributed by atoms with Gasteiger partial charge in [0.05, 0.1) is 12.2 Å². The van der Waals surface area contributed by atoms with E-state index in [0.29, 0.717) is 30.3 Å². The van der Waals surface area contributed by atoms with Gasteiger partial charge in [0.1, 0.15) is 0 Å². The quantitative estimate of drug-likeness (QED) is 0.874. The van der Waals surface area contributed by atoms with Crippen LogP contribution >= 0.6 is 0 Å². The molecule has 0 spiro atoms. The van der Waals surface area contributed by atoms with Crippen molar-refractivity contribution in [3.63, 3.8) is 0 Å². The van der Waals surface area contributed by atoms with Gasteiger partial charge in [-0.3, -0.25) is 0 Å². The lowest BCUT2D eigenvalue weighted by Gasteiger charge is -2.25. The minimum absolute atomic E-state index is 0.168. The first-order valence-electron chi connectivity index (χ1n) is 7.10. The first-order chi connectivity index (χ1) is 10.7. The highest BCUT2D eigenvalue weighted by atomic mass is 16.7. The number of carbonyl (C=O) groups is 1. The number of benzene rings is 1. The maximum Gasteiger partial charge on any atom is 0.322 e. The SMILES string of the molecule is Cc1noc2c1CCN(C(=O)Nc1ccc3c(c1)OCO3)C2. The molecule has 2 aromatic rings. The number of urea groups is 1. The average molecular weight is 301 g/mol. The van der Waals surface area contributed by atoms with Crippen molar-refractivity contribution in [2.45, 2.75) is 19.9 Å². The molecule has 0 atom stereocenters. The van der Waals surface area contributed by atoms with E-state index < -0.39 is 0 Å². The molecule has 0 unspecified atom stereocenters. The number of rotatable bonds is 1. The van der Waals surface area contributed by atoms with E-state index in [1.54, 1.807) is 23.1 Å². The molecule has 114 valence electrons. The first kappa shape index (κ1) is 13.0. The number of anilines is 1. The van der Waals surface area contributed by atoms with Crippen LogP contribution < -0.4 is 14.8 Å². The molecule has 4 rings (SSSR count). The Labute approximate surface area is 126 Å². The van der Waals surface area contributed by atoms with Crippen molar-refractivity contribution in [2.24, 2.45) is 0 Å². The van der Waals surface area contributed by atoms with E-state index in [-0.39, 0.29) is 12.8 Å². The van der Waals surface area contributed by atoms with E-state index in [0.717, 1.165) is 23.4 Å². The van der Waals surface area contributed by atoms with Crippen LogP contribution in [0, 0.1) is 6.92 Å². The van der Waals surface area contributed by atoms with E-state index in [1.165, 1.54) is 0 Å². The van der Waals surface area contributed by atoms with Crippen molar-refractivity contribution in [1.82, 2.24) is 10.1 Å². The molecule has 1 aromatic carbocycles. The fourth-order valence-corrected chi connectivity index (χ4v) is 2.73. The van der Waals surface area contributed by atoms with Crippen LogP contribution in [-0.2, 0) is 13.0 Å². The fourth-order valence-electron chi connectivity index (χ4n) is 2.73. The molecule has 1 aromatic heterocycles. The Morgan fingerprint density at radius 1 is 1.32 bits per heavy atom. The third kappa shape index (κ3) is 2.14. The number of hydrogen-bond donors (Lipinski definition) is 1. The largest absolute Gasteiger partial charge is 0.454 e. The summed E-state index contributed by atoms with van der Waals surface area (Å²) in [5, 5.41) is 6.82. The van der Waals surface area contributed by atoms with Gasteiger partial charge >= 0.3 is 6.03 Å². The lowest BCUT2D eigenvalue weighted by molar-refractivity contribution is 0.174. The minimum atomic E-state index is -0.168. The summed E-state index contributed by atoms with van der Waals surface area (Å²) in [6.07, 6.45) is 0.763. The molecular formula is C15H15N3O4. The van der Waals surface area contributed by atoms with Gasteiger partial charge in [0.25, 0.3) is 0 Å². The van der Waals surface area contributed by atoms with E-state index in [4.69, 9.17) is 14.0 Å². The van der Waals surface area contributed by atoms with E-state index >= 15 is 0 Å². The first-order valence-corrected chi connectivity index (χ1v) is 7.10. The number of amides is 2. The van der Waals surface area contributed by atoms with Crippen molar-refractivity contribution in [1.29, 1.82) is 0 Å². The Bertz CT molecular complexity index is 740. The van der Waals surface area contributed by atoms with Gasteiger partial charge in [-0.2, -0.15) is 0 Å². The molecule has 0 fully saturated rings. The predicted octanol–water partition coefficient (Wildman–Crippen LogP) is 2.30. The molecule has 0 saturated heterocycles. The molecule has 0 radical (unpaired) electrons. The molecule has 7 heteroatoms. The van der Waals surface area contributed by atoms with Gasteiger partial charge in [0, 0.05) is 23.9 Å². The molecule has 0 saturated carbocycles. The molecule has 0 bridgehead atoms. The topological polar surface area (TPSA) is 76.8 Å². The predicted molar refractivity (Wildman–Crippen MR) is 76.9 cm³/mol. The van der Waals surface area contributed by atoms with Gasteiger partial charge in [-0.1, -0.05) is 5.16 Å². The van der Waals surface area contributed by atoms with Crippen LogP contribution in [0.5, 0.6) is 11.5 Å². The highest BCUT2D eigenvalue weighted by molar-refractivity contribution is 5.89. The molecule has 2 aliphatic heterocycles. The number of nitrogens with one attached hydrogen (secondary N) is 1. The van der Waals surface area contributed by atoms with E-state index in [9.17, 15) is 4.79 Å². The second-order valence-electron chi connectivity index (χ2n) is 5.34. The van der Waals surface area contributed by atoms with Crippen LogP contribution in [-0.4, -0.2) is 29.4 Å². The van der Waals surface area contributed by atoms with Crippen molar-refractivity contribution in [3.8, 4) is 11.5 Å². The summed E-state index contributed by atoms with van der Waals surface area (Å²) >= 11 is 0. The lowest BCUT2D eigenvalue weighted by atomic mass is 10.1. The molecule has 7 nitrogen and oxygen atoms in total. The maximum atomic E-state index is 12.4. The Morgan fingerprint density at radius 2 is 2.18 bits per heavy atom. The zero-order valence-corrected chi connectivity index (χ0v) is 12.1. The summed E-state index contributed by atoms with van der Waals surface area (Å²) in [6, 6.07) is 5.16. The van der Waals surface area contributed by atoms with Crippen LogP contribution in [0.4, 0.5) is 10.5 Å². The van der Waals surface area contributed by atoms with E-state index in [1.807, 2.05) is 6.92 Å². The Balaban J connectivity index is 1.47. The number of nitrogens with zero attached hydrogens (tertiary/aromatic N) is 2. The van der Waals surface area contributed by atoms with Crippen molar-refractivity contribution < 1.29 is 18.8 Å². The number of fused-ring (bicyclic) bond motifs is 2. The van der Waals surface area contributed by atoms with Crippen LogP contribution in [0.1, 0.15) is 17.0 Å². The molecular weight excluding hydrogens is 286 g/mol. The Hall–Kier alpha value is -2.70. The number of aryl methyl sites for hydroxylation is 1. The number of ether oxygens (including phenoxy) is 2. The van der Waals surface area contributed by atoms with Gasteiger partial charge in [0.2, 0.25) is 6.79 Å². The summed E-state index contributed by atoms with van der Waals surface area (Å²) in [7, 11) is 0. The number of carbonyl (C=O) groups excluding carboxylic acids is 1. The van der Waals surface area contributed by atoms with Gasteiger partial charge in [-0.05, 0) is 25.5 Å². The number of aromatic nitrogens is 1. The van der Waals surface area contributed by atoms with Crippen LogP contribution in [0.15, 0.2) is 22.7 Å². The van der Waals surface area contributed by atoms with Crippen molar-refractivity contribution >= 4 is 11.7 Å². The van der Waals surface area contributed by atoms with Crippen LogP contribution in [0.25, 0.3) is 0 Å². The Kier molecular flexibility index (Phi) is 2.92. The summed E-state index contributed by atoms with van der Waals surface area (Å²) in [6.45, 7) is 3.22. The summed E-state index contributed by atoms with van der Waals surface area (Å²) < 4.78 is 15.8. The van der Waals surface area contributed by atoms with Crippen LogP contribution in [0.2, 0.25) is 0 Å². The summed E-state index contributed by atoms with van der Waals surface area (Å²) in [5.74, 6) is 2.10. The third-order valence-electron chi connectivity index (χ3n) is 3.94. The van der Waals surface area contributed by atoms with Gasteiger partial charge in [0.15, 0.2) is 17.3 Å². The average Bonchev–Trinajstić information content (AvgIpc) is 3.13. The zero-order chi connectivity index (χ0) is 15.1. The normalized spacial score (nSPS) is 15.6. The number of hydrogen-bond acceptors (Lipinski definition) is 5. The molecule has 3 heterocycles. The van der Waals surface area contributed by atoms with Crippen molar-refractivity contribution in [3.05, 3.63) is 35.2 Å². The smallest absolute Gasteiger partial charge is 0.322 e. The van der Waals surface area contributed by atoms with Gasteiger partial charge in [-0.15, -0.1) is 0 Å². The second-order valence-corrected chi connectivity index (χ2v) is 5.34.